The zero-order chi connectivity index (χ0) is 21.3. The van der Waals surface area contributed by atoms with Gasteiger partial charge < -0.3 is 9.80 Å². The summed E-state index contributed by atoms with van der Waals surface area (Å²) in [5.41, 5.74) is 2.68. The second-order valence-electron chi connectivity index (χ2n) is 8.08. The number of carbonyl (C=O) groups excluding carboxylic acids is 1. The first kappa shape index (κ1) is 20.4. The zero-order valence-electron chi connectivity index (χ0n) is 17.3. The van der Waals surface area contributed by atoms with E-state index in [0.717, 1.165) is 22.0 Å². The molecule has 1 aliphatic rings. The largest absolute Gasteiger partial charge is 0.378 e. The van der Waals surface area contributed by atoms with E-state index in [-0.39, 0.29) is 23.5 Å². The molecule has 1 saturated heterocycles. The maximum Gasteiger partial charge on any atom is 0.255 e. The number of hydrogen-bond donors (Lipinski definition) is 0. The summed E-state index contributed by atoms with van der Waals surface area (Å²) in [6.07, 6.45) is 0.481. The smallest absolute Gasteiger partial charge is 0.255 e. The monoisotopic (exact) mass is 422 g/mol. The Hall–Kier alpha value is -2.86. The third-order valence-corrected chi connectivity index (χ3v) is 7.49. The highest BCUT2D eigenvalue weighted by molar-refractivity contribution is 7.91. The molecule has 6 heteroatoms. The summed E-state index contributed by atoms with van der Waals surface area (Å²) in [4.78, 5) is 17.4. The second kappa shape index (κ2) is 8.11. The Bertz CT molecular complexity index is 1170. The summed E-state index contributed by atoms with van der Waals surface area (Å²) >= 11 is 0. The number of sulfone groups is 1. The van der Waals surface area contributed by atoms with Crippen LogP contribution in [0.4, 0.5) is 5.69 Å². The van der Waals surface area contributed by atoms with Crippen LogP contribution >= 0.6 is 0 Å². The van der Waals surface area contributed by atoms with Crippen LogP contribution in [0.2, 0.25) is 0 Å². The molecule has 0 radical (unpaired) electrons. The highest BCUT2D eigenvalue weighted by Crippen LogP contribution is 2.26. The van der Waals surface area contributed by atoms with Gasteiger partial charge in [-0.2, -0.15) is 0 Å². The van der Waals surface area contributed by atoms with E-state index in [0.29, 0.717) is 18.5 Å². The third-order valence-electron chi connectivity index (χ3n) is 5.74. The highest BCUT2D eigenvalue weighted by Gasteiger charge is 2.35. The molecular weight excluding hydrogens is 396 g/mol. The zero-order valence-corrected chi connectivity index (χ0v) is 18.1. The first-order valence-electron chi connectivity index (χ1n) is 10.1. The number of anilines is 1. The molecule has 3 aromatic rings. The predicted molar refractivity (Wildman–Crippen MR) is 122 cm³/mol. The predicted octanol–water partition coefficient (Wildman–Crippen LogP) is 3.74. The first-order valence-corrected chi connectivity index (χ1v) is 11.9. The molecule has 1 atom stereocenters. The van der Waals surface area contributed by atoms with Crippen molar-refractivity contribution in [3.63, 3.8) is 0 Å². The van der Waals surface area contributed by atoms with Crippen LogP contribution in [0.5, 0.6) is 0 Å². The average Bonchev–Trinajstić information content (AvgIpc) is 3.10. The van der Waals surface area contributed by atoms with E-state index in [1.165, 1.54) is 0 Å². The molecule has 1 fully saturated rings. The van der Waals surface area contributed by atoms with Gasteiger partial charge in [0.1, 0.15) is 0 Å². The Labute approximate surface area is 177 Å². The van der Waals surface area contributed by atoms with Gasteiger partial charge in [-0.05, 0) is 41.0 Å². The van der Waals surface area contributed by atoms with Crippen molar-refractivity contribution in [1.82, 2.24) is 4.90 Å². The maximum absolute atomic E-state index is 13.7. The van der Waals surface area contributed by atoms with Gasteiger partial charge in [-0.1, -0.05) is 48.5 Å². The number of carbonyl (C=O) groups is 1. The molecule has 30 heavy (non-hydrogen) atoms. The van der Waals surface area contributed by atoms with Crippen molar-refractivity contribution in [2.45, 2.75) is 19.0 Å². The van der Waals surface area contributed by atoms with Crippen molar-refractivity contribution in [3.05, 3.63) is 77.9 Å². The molecule has 3 aromatic carbocycles. The van der Waals surface area contributed by atoms with Gasteiger partial charge >= 0.3 is 0 Å². The molecule has 0 aliphatic carbocycles. The Morgan fingerprint density at radius 2 is 1.67 bits per heavy atom. The molecule has 0 N–H and O–H groups in total. The lowest BCUT2D eigenvalue weighted by Crippen LogP contribution is -2.40. The van der Waals surface area contributed by atoms with Gasteiger partial charge in [0, 0.05) is 37.9 Å². The van der Waals surface area contributed by atoms with E-state index >= 15 is 0 Å². The van der Waals surface area contributed by atoms with Crippen LogP contribution < -0.4 is 4.90 Å². The summed E-state index contributed by atoms with van der Waals surface area (Å²) in [6.45, 7) is 0.385. The molecule has 0 bridgehead atoms. The summed E-state index contributed by atoms with van der Waals surface area (Å²) in [7, 11) is 0.852. The lowest BCUT2D eigenvalue weighted by atomic mass is 10.0. The number of nitrogens with zero attached hydrogens (tertiary/aromatic N) is 2. The van der Waals surface area contributed by atoms with Crippen molar-refractivity contribution in [2.75, 3.05) is 30.5 Å². The molecule has 1 amide bonds. The second-order valence-corrected chi connectivity index (χ2v) is 10.3. The molecule has 156 valence electrons. The molecule has 4 rings (SSSR count). The Morgan fingerprint density at radius 3 is 2.33 bits per heavy atom. The minimum atomic E-state index is -3.11. The van der Waals surface area contributed by atoms with E-state index in [2.05, 4.69) is 0 Å². The lowest BCUT2D eigenvalue weighted by molar-refractivity contribution is 0.0683. The number of benzene rings is 3. The Kier molecular flexibility index (Phi) is 5.52. The lowest BCUT2D eigenvalue weighted by Gasteiger charge is -2.29. The van der Waals surface area contributed by atoms with Crippen molar-refractivity contribution >= 4 is 32.2 Å². The van der Waals surface area contributed by atoms with Crippen LogP contribution in [-0.4, -0.2) is 50.9 Å². The summed E-state index contributed by atoms with van der Waals surface area (Å²) in [5.74, 6) is 0.0427. The minimum Gasteiger partial charge on any atom is -0.378 e. The SMILES string of the molecule is CN(C)c1ccc(CN(C(=O)c2cccc3ccccc23)C2CCS(=O)(=O)C2)cc1. The Morgan fingerprint density at radius 1 is 0.967 bits per heavy atom. The fraction of sp³-hybridized carbons (Fsp3) is 0.292. The summed E-state index contributed by atoms with van der Waals surface area (Å²) < 4.78 is 24.3. The van der Waals surface area contributed by atoms with Crippen LogP contribution in [0.1, 0.15) is 22.3 Å². The molecule has 1 heterocycles. The molecule has 1 aliphatic heterocycles. The fourth-order valence-corrected chi connectivity index (χ4v) is 5.78. The standard InChI is InChI=1S/C24H26N2O3S/c1-25(2)20-12-10-18(11-13-20)16-26(21-14-15-30(28,29)17-21)24(27)23-9-5-7-19-6-3-4-8-22(19)23/h3-13,21H,14-17H2,1-2H3. The van der Waals surface area contributed by atoms with Gasteiger partial charge in [0.15, 0.2) is 9.84 Å². The quantitative estimate of drug-likeness (QED) is 0.629. The minimum absolute atomic E-state index is 0.0271. The normalized spacial score (nSPS) is 17.7. The number of rotatable bonds is 5. The number of fused-ring (bicyclic) bond motifs is 1. The summed E-state index contributed by atoms with van der Waals surface area (Å²) in [6, 6.07) is 21.2. The average molecular weight is 423 g/mol. The molecule has 5 nitrogen and oxygen atoms in total. The van der Waals surface area contributed by atoms with E-state index in [1.807, 2.05) is 85.7 Å². The van der Waals surface area contributed by atoms with Crippen molar-refractivity contribution in [2.24, 2.45) is 0 Å². The topological polar surface area (TPSA) is 57.7 Å². The van der Waals surface area contributed by atoms with E-state index in [1.54, 1.807) is 4.90 Å². The highest BCUT2D eigenvalue weighted by atomic mass is 32.2. The Balaban J connectivity index is 1.70. The number of hydrogen-bond acceptors (Lipinski definition) is 4. The van der Waals surface area contributed by atoms with Crippen LogP contribution in [0.25, 0.3) is 10.8 Å². The van der Waals surface area contributed by atoms with Crippen LogP contribution in [0.15, 0.2) is 66.7 Å². The van der Waals surface area contributed by atoms with Gasteiger partial charge in [-0.3, -0.25) is 4.79 Å². The van der Waals surface area contributed by atoms with Crippen LogP contribution in [0.3, 0.4) is 0 Å². The van der Waals surface area contributed by atoms with Gasteiger partial charge in [-0.25, -0.2) is 8.42 Å². The van der Waals surface area contributed by atoms with E-state index in [9.17, 15) is 13.2 Å². The third kappa shape index (κ3) is 4.19. The molecule has 0 spiro atoms. The van der Waals surface area contributed by atoms with Crippen LogP contribution in [-0.2, 0) is 16.4 Å². The fourth-order valence-electron chi connectivity index (χ4n) is 4.05. The van der Waals surface area contributed by atoms with E-state index < -0.39 is 9.84 Å². The van der Waals surface area contributed by atoms with Gasteiger partial charge in [0.2, 0.25) is 0 Å². The summed E-state index contributed by atoms with van der Waals surface area (Å²) in [5, 5.41) is 1.89. The maximum atomic E-state index is 13.7. The molecular formula is C24H26N2O3S. The van der Waals surface area contributed by atoms with Gasteiger partial charge in [0.25, 0.3) is 5.91 Å². The van der Waals surface area contributed by atoms with Gasteiger partial charge in [0.05, 0.1) is 11.5 Å². The molecule has 0 saturated carbocycles. The molecule has 0 aromatic heterocycles. The van der Waals surface area contributed by atoms with Crippen molar-refractivity contribution < 1.29 is 13.2 Å². The van der Waals surface area contributed by atoms with Gasteiger partial charge in [-0.15, -0.1) is 0 Å². The van der Waals surface area contributed by atoms with Crippen LogP contribution in [0, 0.1) is 0 Å². The molecule has 1 unspecified atom stereocenters. The van der Waals surface area contributed by atoms with E-state index in [4.69, 9.17) is 0 Å². The first-order chi connectivity index (χ1) is 14.3. The van der Waals surface area contributed by atoms with Crippen molar-refractivity contribution in [1.29, 1.82) is 0 Å². The van der Waals surface area contributed by atoms with Crippen molar-refractivity contribution in [3.8, 4) is 0 Å². The number of amides is 1.